The Morgan fingerprint density at radius 1 is 1.14 bits per heavy atom. The lowest BCUT2D eigenvalue weighted by Gasteiger charge is -2.26. The molecule has 1 aliphatic carbocycles. The summed E-state index contributed by atoms with van der Waals surface area (Å²) < 4.78 is 7.75. The van der Waals surface area contributed by atoms with Crippen molar-refractivity contribution in [2.45, 2.75) is 38.3 Å². The van der Waals surface area contributed by atoms with Crippen molar-refractivity contribution in [2.24, 2.45) is 5.92 Å². The molecule has 0 unspecified atom stereocenters. The molecule has 29 heavy (non-hydrogen) atoms. The molecule has 1 aromatic carbocycles. The van der Waals surface area contributed by atoms with Gasteiger partial charge in [-0.1, -0.05) is 12.1 Å². The number of imidazole rings is 1. The highest BCUT2D eigenvalue weighted by molar-refractivity contribution is 5.94. The molecular formula is C22H23N3O4. The molecule has 0 spiro atoms. The second-order valence-electron chi connectivity index (χ2n) is 7.38. The Bertz CT molecular complexity index is 989. The molecule has 0 bridgehead atoms. The minimum atomic E-state index is -0.745. The van der Waals surface area contributed by atoms with E-state index < -0.39 is 5.97 Å². The number of benzene rings is 1. The molecule has 150 valence electrons. The van der Waals surface area contributed by atoms with E-state index in [1.165, 1.54) is 0 Å². The number of fused-ring (bicyclic) bond motifs is 1. The van der Waals surface area contributed by atoms with Crippen LogP contribution in [-0.4, -0.2) is 32.4 Å². The molecule has 2 N–H and O–H groups in total. The number of nitrogens with one attached hydrogen (secondary N) is 1. The lowest BCUT2D eigenvalue weighted by molar-refractivity contribution is -0.142. The van der Waals surface area contributed by atoms with Gasteiger partial charge in [-0.25, -0.2) is 4.98 Å². The highest BCUT2D eigenvalue weighted by Gasteiger charge is 2.26. The van der Waals surface area contributed by atoms with Crippen LogP contribution in [0.2, 0.25) is 0 Å². The molecule has 1 fully saturated rings. The summed E-state index contributed by atoms with van der Waals surface area (Å²) in [7, 11) is 0. The van der Waals surface area contributed by atoms with Crippen LogP contribution in [-0.2, 0) is 11.4 Å². The molecular weight excluding hydrogens is 370 g/mol. The summed E-state index contributed by atoms with van der Waals surface area (Å²) in [6, 6.07) is 12.9. The molecule has 1 aliphatic rings. The summed E-state index contributed by atoms with van der Waals surface area (Å²) in [5.41, 5.74) is 2.19. The maximum atomic E-state index is 12.6. The van der Waals surface area contributed by atoms with Crippen molar-refractivity contribution in [1.29, 1.82) is 0 Å². The van der Waals surface area contributed by atoms with Crippen LogP contribution in [0.15, 0.2) is 54.9 Å². The number of amides is 1. The van der Waals surface area contributed by atoms with Gasteiger partial charge in [0.15, 0.2) is 0 Å². The molecule has 1 amide bonds. The van der Waals surface area contributed by atoms with Gasteiger partial charge >= 0.3 is 5.97 Å². The normalized spacial score (nSPS) is 19.0. The number of rotatable bonds is 6. The first-order chi connectivity index (χ1) is 14.1. The Balaban J connectivity index is 1.34. The van der Waals surface area contributed by atoms with Crippen LogP contribution in [0.4, 0.5) is 0 Å². The van der Waals surface area contributed by atoms with E-state index in [2.05, 4.69) is 10.3 Å². The second-order valence-corrected chi connectivity index (χ2v) is 7.38. The zero-order valence-electron chi connectivity index (χ0n) is 16.0. The lowest BCUT2D eigenvalue weighted by Crippen LogP contribution is -2.38. The van der Waals surface area contributed by atoms with Crippen LogP contribution >= 0.6 is 0 Å². The zero-order chi connectivity index (χ0) is 20.2. The van der Waals surface area contributed by atoms with Crippen LogP contribution in [0.1, 0.15) is 41.7 Å². The maximum Gasteiger partial charge on any atom is 0.306 e. The smallest absolute Gasteiger partial charge is 0.306 e. The average Bonchev–Trinajstić information content (AvgIpc) is 3.16. The summed E-state index contributed by atoms with van der Waals surface area (Å²) in [5.74, 6) is -0.601. The Kier molecular flexibility index (Phi) is 5.46. The fourth-order valence-electron chi connectivity index (χ4n) is 3.69. The minimum Gasteiger partial charge on any atom is -0.487 e. The van der Waals surface area contributed by atoms with Crippen LogP contribution in [0, 0.1) is 5.92 Å². The highest BCUT2D eigenvalue weighted by atomic mass is 16.5. The summed E-state index contributed by atoms with van der Waals surface area (Å²) >= 11 is 0. The number of carboxylic acid groups (broad SMARTS) is 1. The molecule has 3 aromatic rings. The Morgan fingerprint density at radius 2 is 1.97 bits per heavy atom. The number of carboxylic acids is 1. The molecule has 2 heterocycles. The molecule has 0 radical (unpaired) electrons. The monoisotopic (exact) mass is 393 g/mol. The summed E-state index contributed by atoms with van der Waals surface area (Å²) in [4.78, 5) is 28.1. The van der Waals surface area contributed by atoms with Crippen LogP contribution in [0.25, 0.3) is 5.65 Å². The number of carbonyl (C=O) groups excluding carboxylic acids is 1. The minimum absolute atomic E-state index is 0.0145. The number of hydrogen-bond acceptors (Lipinski definition) is 4. The fourth-order valence-corrected chi connectivity index (χ4v) is 3.69. The molecule has 0 aliphatic heterocycles. The number of aliphatic carboxylic acids is 1. The molecule has 7 nitrogen and oxygen atoms in total. The first-order valence-electron chi connectivity index (χ1n) is 9.77. The van der Waals surface area contributed by atoms with Gasteiger partial charge in [-0.2, -0.15) is 0 Å². The van der Waals surface area contributed by atoms with E-state index in [4.69, 9.17) is 9.84 Å². The third-order valence-corrected chi connectivity index (χ3v) is 5.31. The second kappa shape index (κ2) is 8.34. The molecule has 4 rings (SSSR count). The first kappa shape index (κ1) is 19.0. The number of pyridine rings is 1. The summed E-state index contributed by atoms with van der Waals surface area (Å²) in [5, 5.41) is 12.1. The van der Waals surface area contributed by atoms with E-state index in [-0.39, 0.29) is 17.9 Å². The van der Waals surface area contributed by atoms with E-state index in [1.807, 2.05) is 41.1 Å². The average molecular weight is 393 g/mol. The number of hydrogen-bond donors (Lipinski definition) is 2. The predicted molar refractivity (Wildman–Crippen MR) is 107 cm³/mol. The van der Waals surface area contributed by atoms with Crippen LogP contribution < -0.4 is 10.1 Å². The fraction of sp³-hybridized carbons (Fsp3) is 0.318. The highest BCUT2D eigenvalue weighted by Crippen LogP contribution is 2.25. The summed E-state index contributed by atoms with van der Waals surface area (Å²) in [6.07, 6.45) is 6.42. The number of aromatic nitrogens is 2. The van der Waals surface area contributed by atoms with Gasteiger partial charge < -0.3 is 19.6 Å². The third kappa shape index (κ3) is 4.56. The summed E-state index contributed by atoms with van der Waals surface area (Å²) in [6.45, 7) is 0.311. The molecule has 0 atom stereocenters. The van der Waals surface area contributed by atoms with E-state index in [1.54, 1.807) is 18.2 Å². The van der Waals surface area contributed by atoms with Gasteiger partial charge in [0, 0.05) is 24.0 Å². The van der Waals surface area contributed by atoms with Gasteiger partial charge in [0.1, 0.15) is 18.0 Å². The van der Waals surface area contributed by atoms with Gasteiger partial charge in [0.2, 0.25) is 0 Å². The van der Waals surface area contributed by atoms with Crippen molar-refractivity contribution in [3.8, 4) is 5.75 Å². The maximum absolute atomic E-state index is 12.6. The third-order valence-electron chi connectivity index (χ3n) is 5.31. The van der Waals surface area contributed by atoms with Crippen molar-refractivity contribution < 1.29 is 19.4 Å². The van der Waals surface area contributed by atoms with Crippen LogP contribution in [0.5, 0.6) is 5.75 Å². The standard InChI is InChI=1S/C22H23N3O4/c26-21(24-17-9-7-15(8-10-17)22(27)28)16-4-3-5-19(12-16)29-14-18-13-25-11-2-1-6-20(25)23-18/h1-6,11-13,15,17H,7-10,14H2,(H,24,26)(H,27,28). The largest absolute Gasteiger partial charge is 0.487 e. The Hall–Kier alpha value is -3.35. The Morgan fingerprint density at radius 3 is 2.72 bits per heavy atom. The predicted octanol–water partition coefficient (Wildman–Crippen LogP) is 3.29. The van der Waals surface area contributed by atoms with Crippen molar-refractivity contribution in [3.63, 3.8) is 0 Å². The van der Waals surface area contributed by atoms with Crippen molar-refractivity contribution >= 4 is 17.5 Å². The zero-order valence-corrected chi connectivity index (χ0v) is 16.0. The van der Waals surface area contributed by atoms with E-state index in [0.29, 0.717) is 43.6 Å². The SMILES string of the molecule is O=C(NC1CCC(C(=O)O)CC1)c1cccc(OCc2cn3ccccc3n2)c1. The van der Waals surface area contributed by atoms with Gasteiger partial charge in [-0.15, -0.1) is 0 Å². The van der Waals surface area contributed by atoms with E-state index in [0.717, 1.165) is 11.3 Å². The molecule has 7 heteroatoms. The molecule has 1 saturated carbocycles. The van der Waals surface area contributed by atoms with Crippen molar-refractivity contribution in [1.82, 2.24) is 14.7 Å². The van der Waals surface area contributed by atoms with Gasteiger partial charge in [-0.05, 0) is 56.0 Å². The van der Waals surface area contributed by atoms with Gasteiger partial charge in [-0.3, -0.25) is 9.59 Å². The number of nitrogens with zero attached hydrogens (tertiary/aromatic N) is 2. The van der Waals surface area contributed by atoms with Crippen LogP contribution in [0.3, 0.4) is 0 Å². The number of carbonyl (C=O) groups is 2. The molecule has 0 saturated heterocycles. The van der Waals surface area contributed by atoms with Crippen molar-refractivity contribution in [3.05, 3.63) is 66.1 Å². The molecule has 2 aromatic heterocycles. The lowest BCUT2D eigenvalue weighted by atomic mass is 9.86. The number of ether oxygens (including phenoxy) is 1. The quantitative estimate of drug-likeness (QED) is 0.670. The van der Waals surface area contributed by atoms with Crippen molar-refractivity contribution in [2.75, 3.05) is 0 Å². The van der Waals surface area contributed by atoms with Gasteiger partial charge in [0.25, 0.3) is 5.91 Å². The first-order valence-corrected chi connectivity index (χ1v) is 9.77. The van der Waals surface area contributed by atoms with Gasteiger partial charge in [0.05, 0.1) is 11.6 Å². The Labute approximate surface area is 168 Å². The topological polar surface area (TPSA) is 92.9 Å². The van der Waals surface area contributed by atoms with E-state index >= 15 is 0 Å². The van der Waals surface area contributed by atoms with E-state index in [9.17, 15) is 9.59 Å².